The predicted molar refractivity (Wildman–Crippen MR) is 66.2 cm³/mol. The van der Waals surface area contributed by atoms with Crippen LogP contribution in [-0.2, 0) is 0 Å². The first-order valence-electron chi connectivity index (χ1n) is 5.50. The van der Waals surface area contributed by atoms with Crippen molar-refractivity contribution in [1.29, 1.82) is 0 Å². The van der Waals surface area contributed by atoms with Gasteiger partial charge in [-0.1, -0.05) is 0 Å². The van der Waals surface area contributed by atoms with Gasteiger partial charge in [0.1, 0.15) is 16.9 Å². The highest BCUT2D eigenvalue weighted by Crippen LogP contribution is 2.34. The number of ether oxygens (including phenoxy) is 1. The van der Waals surface area contributed by atoms with Crippen LogP contribution in [0.1, 0.15) is 19.4 Å². The Labute approximate surface area is 98.3 Å². The third-order valence-electron chi connectivity index (χ3n) is 2.85. The van der Waals surface area contributed by atoms with E-state index in [0.29, 0.717) is 11.0 Å². The molecule has 0 fully saturated rings. The molecule has 2 aromatic rings. The highest BCUT2D eigenvalue weighted by molar-refractivity contribution is 5.88. The first kappa shape index (κ1) is 10.1. The van der Waals surface area contributed by atoms with Crippen LogP contribution in [0.3, 0.4) is 0 Å². The fourth-order valence-electron chi connectivity index (χ4n) is 2.00. The van der Waals surface area contributed by atoms with Crippen molar-refractivity contribution in [3.05, 3.63) is 46.3 Å². The molecule has 17 heavy (non-hydrogen) atoms. The van der Waals surface area contributed by atoms with Gasteiger partial charge in [0.05, 0.1) is 17.2 Å². The minimum absolute atomic E-state index is 0.0349. The summed E-state index contributed by atoms with van der Waals surface area (Å²) in [4.78, 5) is 11.7. The molecule has 0 radical (unpaired) electrons. The molecule has 3 rings (SSSR count). The lowest BCUT2D eigenvalue weighted by Crippen LogP contribution is -2.27. The van der Waals surface area contributed by atoms with E-state index in [1.807, 2.05) is 32.1 Å². The van der Waals surface area contributed by atoms with Crippen molar-refractivity contribution in [3.8, 4) is 5.75 Å². The van der Waals surface area contributed by atoms with Gasteiger partial charge in [0.15, 0.2) is 5.43 Å². The summed E-state index contributed by atoms with van der Waals surface area (Å²) in [7, 11) is 0. The molecule has 0 aliphatic carbocycles. The van der Waals surface area contributed by atoms with Crippen LogP contribution in [0.2, 0.25) is 0 Å². The van der Waals surface area contributed by atoms with Crippen LogP contribution in [-0.4, -0.2) is 5.60 Å². The van der Waals surface area contributed by atoms with Crippen LogP contribution in [0.15, 0.2) is 39.7 Å². The Hall–Kier alpha value is -2.03. The average Bonchev–Trinajstić information content (AvgIpc) is 2.27. The second-order valence-corrected chi connectivity index (χ2v) is 4.68. The van der Waals surface area contributed by atoms with Gasteiger partial charge in [-0.2, -0.15) is 0 Å². The molecule has 1 aliphatic rings. The van der Waals surface area contributed by atoms with E-state index < -0.39 is 0 Å². The molecule has 3 heteroatoms. The highest BCUT2D eigenvalue weighted by atomic mass is 16.5. The number of hydrogen-bond donors (Lipinski definition) is 0. The van der Waals surface area contributed by atoms with Crippen LogP contribution in [0.4, 0.5) is 0 Å². The van der Waals surface area contributed by atoms with E-state index in [2.05, 4.69) is 0 Å². The molecule has 2 heterocycles. The number of fused-ring (bicyclic) bond motifs is 3. The van der Waals surface area contributed by atoms with Crippen molar-refractivity contribution in [1.82, 2.24) is 0 Å². The lowest BCUT2D eigenvalue weighted by Gasteiger charge is -2.27. The molecule has 0 bridgehead atoms. The molecule has 86 valence electrons. The Morgan fingerprint density at radius 3 is 2.82 bits per heavy atom. The van der Waals surface area contributed by atoms with Gasteiger partial charge in [-0.25, -0.2) is 0 Å². The fourth-order valence-corrected chi connectivity index (χ4v) is 2.00. The SMILES string of the molecule is CC1(C)C=Cc2c(ccc3c(=O)ccoc23)O1. The molecular weight excluding hydrogens is 216 g/mol. The van der Waals surface area contributed by atoms with Gasteiger partial charge in [0, 0.05) is 6.07 Å². The smallest absolute Gasteiger partial charge is 0.192 e. The first-order chi connectivity index (χ1) is 8.07. The molecule has 0 saturated carbocycles. The van der Waals surface area contributed by atoms with E-state index in [-0.39, 0.29) is 11.0 Å². The van der Waals surface area contributed by atoms with Crippen LogP contribution in [0.25, 0.3) is 17.0 Å². The van der Waals surface area contributed by atoms with Gasteiger partial charge < -0.3 is 9.15 Å². The van der Waals surface area contributed by atoms with Crippen LogP contribution >= 0.6 is 0 Å². The van der Waals surface area contributed by atoms with E-state index in [1.165, 1.54) is 12.3 Å². The van der Waals surface area contributed by atoms with Gasteiger partial charge in [0.2, 0.25) is 0 Å². The molecule has 0 amide bonds. The second-order valence-electron chi connectivity index (χ2n) is 4.68. The Morgan fingerprint density at radius 1 is 1.18 bits per heavy atom. The van der Waals surface area contributed by atoms with Crippen LogP contribution in [0.5, 0.6) is 5.75 Å². The molecule has 0 unspecified atom stereocenters. The van der Waals surface area contributed by atoms with Gasteiger partial charge in [-0.05, 0) is 38.1 Å². The standard InChI is InChI=1S/C14H12O3/c1-14(2)7-5-10-12(17-14)4-3-9-11(15)6-8-16-13(9)10/h3-8H,1-2H3. The quantitative estimate of drug-likeness (QED) is 0.695. The van der Waals surface area contributed by atoms with Gasteiger partial charge in [-0.15, -0.1) is 0 Å². The summed E-state index contributed by atoms with van der Waals surface area (Å²) in [5.74, 6) is 0.749. The molecule has 0 atom stereocenters. The zero-order valence-corrected chi connectivity index (χ0v) is 9.69. The van der Waals surface area contributed by atoms with E-state index in [0.717, 1.165) is 11.3 Å². The van der Waals surface area contributed by atoms with Crippen molar-refractivity contribution in [2.45, 2.75) is 19.4 Å². The number of rotatable bonds is 0. The maximum Gasteiger partial charge on any atom is 0.192 e. The minimum atomic E-state index is -0.324. The van der Waals surface area contributed by atoms with Crippen molar-refractivity contribution in [2.24, 2.45) is 0 Å². The molecule has 1 aromatic carbocycles. The summed E-state index contributed by atoms with van der Waals surface area (Å²) < 4.78 is 11.2. The molecule has 1 aromatic heterocycles. The monoisotopic (exact) mass is 228 g/mol. The predicted octanol–water partition coefficient (Wildman–Crippen LogP) is 2.98. The minimum Gasteiger partial charge on any atom is -0.483 e. The van der Waals surface area contributed by atoms with Crippen molar-refractivity contribution in [3.63, 3.8) is 0 Å². The molecule has 0 N–H and O–H groups in total. The van der Waals surface area contributed by atoms with Gasteiger partial charge in [0.25, 0.3) is 0 Å². The van der Waals surface area contributed by atoms with Crippen molar-refractivity contribution < 1.29 is 9.15 Å². The highest BCUT2D eigenvalue weighted by Gasteiger charge is 2.23. The fraction of sp³-hybridized carbons (Fsp3) is 0.214. The summed E-state index contributed by atoms with van der Waals surface area (Å²) in [6.45, 7) is 3.97. The summed E-state index contributed by atoms with van der Waals surface area (Å²) in [5, 5.41) is 0.583. The normalized spacial score (nSPS) is 16.6. The van der Waals surface area contributed by atoms with E-state index in [9.17, 15) is 4.79 Å². The Balaban J connectivity index is 2.36. The lowest BCUT2D eigenvalue weighted by molar-refractivity contribution is 0.159. The molecule has 3 nitrogen and oxygen atoms in total. The topological polar surface area (TPSA) is 39.4 Å². The number of hydrogen-bond acceptors (Lipinski definition) is 3. The Morgan fingerprint density at radius 2 is 2.00 bits per heavy atom. The maximum atomic E-state index is 11.7. The first-order valence-corrected chi connectivity index (χ1v) is 5.50. The summed E-state index contributed by atoms with van der Waals surface area (Å²) in [5.41, 5.74) is 1.06. The van der Waals surface area contributed by atoms with Crippen molar-refractivity contribution >= 4 is 17.0 Å². The maximum absolute atomic E-state index is 11.7. The average molecular weight is 228 g/mol. The zero-order valence-electron chi connectivity index (χ0n) is 9.69. The van der Waals surface area contributed by atoms with Crippen LogP contribution in [0, 0.1) is 0 Å². The molecule has 0 saturated heterocycles. The summed E-state index contributed by atoms with van der Waals surface area (Å²) >= 11 is 0. The molecule has 0 spiro atoms. The third kappa shape index (κ3) is 1.55. The Bertz CT molecular complexity index is 677. The van der Waals surface area contributed by atoms with E-state index in [4.69, 9.17) is 9.15 Å². The summed E-state index contributed by atoms with van der Waals surface area (Å²) in [6.07, 6.45) is 5.32. The Kier molecular flexibility index (Phi) is 1.93. The molecule has 1 aliphatic heterocycles. The van der Waals surface area contributed by atoms with E-state index >= 15 is 0 Å². The number of benzene rings is 1. The van der Waals surface area contributed by atoms with Crippen LogP contribution < -0.4 is 10.2 Å². The van der Waals surface area contributed by atoms with Gasteiger partial charge in [-0.3, -0.25) is 4.79 Å². The largest absolute Gasteiger partial charge is 0.483 e. The summed E-state index contributed by atoms with van der Waals surface area (Å²) in [6, 6.07) is 4.99. The van der Waals surface area contributed by atoms with Crippen molar-refractivity contribution in [2.75, 3.05) is 0 Å². The van der Waals surface area contributed by atoms with E-state index in [1.54, 1.807) is 6.07 Å². The molecular formula is C14H12O3. The van der Waals surface area contributed by atoms with Gasteiger partial charge >= 0.3 is 0 Å². The third-order valence-corrected chi connectivity index (χ3v) is 2.85. The lowest BCUT2D eigenvalue weighted by atomic mass is 10.0. The zero-order chi connectivity index (χ0) is 12.0. The second kappa shape index (κ2) is 3.23.